The number of ether oxygens (including phenoxy) is 2. The van der Waals surface area contributed by atoms with Gasteiger partial charge in [-0.05, 0) is 26.1 Å². The summed E-state index contributed by atoms with van der Waals surface area (Å²) >= 11 is 5.35. The van der Waals surface area contributed by atoms with E-state index >= 15 is 0 Å². The SMILES string of the molecule is COCC(C)NC(=S)N1CCOCC1C. The Morgan fingerprint density at radius 3 is 3.07 bits per heavy atom. The van der Waals surface area contributed by atoms with Crippen LogP contribution in [0.5, 0.6) is 0 Å². The van der Waals surface area contributed by atoms with Gasteiger partial charge in [-0.3, -0.25) is 0 Å². The number of nitrogens with zero attached hydrogens (tertiary/aromatic N) is 1. The molecule has 0 saturated carbocycles. The van der Waals surface area contributed by atoms with Crippen molar-refractivity contribution in [3.05, 3.63) is 0 Å². The predicted octanol–water partition coefficient (Wildman–Crippen LogP) is 0.617. The zero-order valence-electron chi connectivity index (χ0n) is 9.66. The molecule has 15 heavy (non-hydrogen) atoms. The van der Waals surface area contributed by atoms with Crippen molar-refractivity contribution in [1.82, 2.24) is 10.2 Å². The summed E-state index contributed by atoms with van der Waals surface area (Å²) in [7, 11) is 1.69. The lowest BCUT2D eigenvalue weighted by Gasteiger charge is -2.36. The molecule has 0 aromatic carbocycles. The Kier molecular flexibility index (Phi) is 5.28. The van der Waals surface area contributed by atoms with Gasteiger partial charge in [0.05, 0.1) is 25.9 Å². The van der Waals surface area contributed by atoms with E-state index in [1.54, 1.807) is 7.11 Å². The minimum Gasteiger partial charge on any atom is -0.383 e. The molecule has 1 heterocycles. The summed E-state index contributed by atoms with van der Waals surface area (Å²) in [6.45, 7) is 7.21. The predicted molar refractivity (Wildman–Crippen MR) is 64.1 cm³/mol. The van der Waals surface area contributed by atoms with Crippen LogP contribution in [-0.2, 0) is 9.47 Å². The van der Waals surface area contributed by atoms with E-state index in [9.17, 15) is 0 Å². The third-order valence-electron chi connectivity index (χ3n) is 2.42. The van der Waals surface area contributed by atoms with Crippen molar-refractivity contribution < 1.29 is 9.47 Å². The van der Waals surface area contributed by atoms with Crippen LogP contribution in [0.15, 0.2) is 0 Å². The quantitative estimate of drug-likeness (QED) is 0.721. The molecule has 1 aliphatic heterocycles. The van der Waals surface area contributed by atoms with Gasteiger partial charge in [-0.2, -0.15) is 0 Å². The van der Waals surface area contributed by atoms with E-state index in [2.05, 4.69) is 24.1 Å². The normalized spacial score (nSPS) is 23.7. The van der Waals surface area contributed by atoms with Crippen molar-refractivity contribution in [1.29, 1.82) is 0 Å². The highest BCUT2D eigenvalue weighted by Gasteiger charge is 2.21. The highest BCUT2D eigenvalue weighted by molar-refractivity contribution is 7.80. The molecule has 1 aliphatic rings. The molecule has 5 heteroatoms. The molecule has 0 aromatic heterocycles. The van der Waals surface area contributed by atoms with Gasteiger partial charge in [0.2, 0.25) is 0 Å². The molecule has 2 atom stereocenters. The summed E-state index contributed by atoms with van der Waals surface area (Å²) < 4.78 is 10.4. The molecular weight excluding hydrogens is 212 g/mol. The lowest BCUT2D eigenvalue weighted by Crippen LogP contribution is -2.53. The van der Waals surface area contributed by atoms with Gasteiger partial charge in [-0.1, -0.05) is 0 Å². The van der Waals surface area contributed by atoms with Crippen molar-refractivity contribution in [2.75, 3.05) is 33.5 Å². The van der Waals surface area contributed by atoms with Crippen molar-refractivity contribution in [2.24, 2.45) is 0 Å². The van der Waals surface area contributed by atoms with Crippen LogP contribution in [0.1, 0.15) is 13.8 Å². The first-order chi connectivity index (χ1) is 7.15. The van der Waals surface area contributed by atoms with Crippen LogP contribution in [-0.4, -0.2) is 55.6 Å². The van der Waals surface area contributed by atoms with Gasteiger partial charge < -0.3 is 19.7 Å². The molecule has 4 nitrogen and oxygen atoms in total. The van der Waals surface area contributed by atoms with Gasteiger partial charge in [-0.25, -0.2) is 0 Å². The second-order valence-corrected chi connectivity index (χ2v) is 4.31. The van der Waals surface area contributed by atoms with E-state index in [0.717, 1.165) is 24.9 Å². The third-order valence-corrected chi connectivity index (χ3v) is 2.77. The van der Waals surface area contributed by atoms with Crippen molar-refractivity contribution in [3.63, 3.8) is 0 Å². The number of thiocarbonyl (C=S) groups is 1. The van der Waals surface area contributed by atoms with Crippen molar-refractivity contribution in [3.8, 4) is 0 Å². The molecule has 88 valence electrons. The van der Waals surface area contributed by atoms with E-state index in [-0.39, 0.29) is 6.04 Å². The van der Waals surface area contributed by atoms with Crippen molar-refractivity contribution >= 4 is 17.3 Å². The maximum absolute atomic E-state index is 5.36. The van der Waals surface area contributed by atoms with Gasteiger partial charge in [0, 0.05) is 19.7 Å². The number of methoxy groups -OCH3 is 1. The van der Waals surface area contributed by atoms with E-state index in [1.807, 2.05) is 0 Å². The van der Waals surface area contributed by atoms with Crippen LogP contribution in [0.25, 0.3) is 0 Å². The van der Waals surface area contributed by atoms with Crippen LogP contribution in [0.4, 0.5) is 0 Å². The second kappa shape index (κ2) is 6.25. The minimum atomic E-state index is 0.248. The summed E-state index contributed by atoms with van der Waals surface area (Å²) in [5.74, 6) is 0. The summed E-state index contributed by atoms with van der Waals surface area (Å²) in [6, 6.07) is 0.603. The molecule has 0 aliphatic carbocycles. The Hall–Kier alpha value is -0.390. The molecule has 1 saturated heterocycles. The molecular formula is C10H20N2O2S. The molecule has 0 aromatic rings. The number of hydrogen-bond donors (Lipinski definition) is 1. The lowest BCUT2D eigenvalue weighted by atomic mass is 10.3. The number of rotatable bonds is 3. The van der Waals surface area contributed by atoms with Gasteiger partial charge in [0.1, 0.15) is 0 Å². The standard InChI is InChI=1S/C10H20N2O2S/c1-8(6-13-3)11-10(15)12-4-5-14-7-9(12)2/h8-9H,4-7H2,1-3H3,(H,11,15). The largest absolute Gasteiger partial charge is 0.383 e. The zero-order chi connectivity index (χ0) is 11.3. The third kappa shape index (κ3) is 3.93. The average Bonchev–Trinajstić information content (AvgIpc) is 2.18. The lowest BCUT2D eigenvalue weighted by molar-refractivity contribution is 0.0322. The first kappa shape index (κ1) is 12.7. The maximum atomic E-state index is 5.36. The van der Waals surface area contributed by atoms with E-state index in [4.69, 9.17) is 21.7 Å². The Morgan fingerprint density at radius 2 is 2.47 bits per heavy atom. The fourth-order valence-electron chi connectivity index (χ4n) is 1.61. The van der Waals surface area contributed by atoms with Gasteiger partial charge in [0.15, 0.2) is 5.11 Å². The Morgan fingerprint density at radius 1 is 1.73 bits per heavy atom. The topological polar surface area (TPSA) is 33.7 Å². The average molecular weight is 232 g/mol. The summed E-state index contributed by atoms with van der Waals surface area (Å²) in [5, 5.41) is 4.06. The molecule has 1 fully saturated rings. The van der Waals surface area contributed by atoms with Crippen LogP contribution in [0, 0.1) is 0 Å². The molecule has 1 N–H and O–H groups in total. The number of morpholine rings is 1. The van der Waals surface area contributed by atoms with Crippen molar-refractivity contribution in [2.45, 2.75) is 25.9 Å². The first-order valence-corrected chi connectivity index (χ1v) is 5.69. The van der Waals surface area contributed by atoms with Gasteiger partial charge in [-0.15, -0.1) is 0 Å². The van der Waals surface area contributed by atoms with Gasteiger partial charge in [0.25, 0.3) is 0 Å². The Balaban J connectivity index is 2.37. The highest BCUT2D eigenvalue weighted by Crippen LogP contribution is 2.06. The zero-order valence-corrected chi connectivity index (χ0v) is 10.5. The molecule has 0 spiro atoms. The minimum absolute atomic E-state index is 0.248. The number of nitrogens with one attached hydrogen (secondary N) is 1. The molecule has 2 unspecified atom stereocenters. The molecule has 0 bridgehead atoms. The molecule has 1 rings (SSSR count). The second-order valence-electron chi connectivity index (χ2n) is 3.92. The summed E-state index contributed by atoms with van der Waals surface area (Å²) in [4.78, 5) is 2.17. The van der Waals surface area contributed by atoms with E-state index in [1.165, 1.54) is 0 Å². The van der Waals surface area contributed by atoms with Crippen LogP contribution >= 0.6 is 12.2 Å². The Labute approximate surface area is 96.9 Å². The number of hydrogen-bond acceptors (Lipinski definition) is 3. The first-order valence-electron chi connectivity index (χ1n) is 5.29. The highest BCUT2D eigenvalue weighted by atomic mass is 32.1. The van der Waals surface area contributed by atoms with Crippen LogP contribution in [0.2, 0.25) is 0 Å². The van der Waals surface area contributed by atoms with E-state index in [0.29, 0.717) is 12.6 Å². The van der Waals surface area contributed by atoms with Crippen LogP contribution in [0.3, 0.4) is 0 Å². The Bertz CT molecular complexity index is 214. The summed E-state index contributed by atoms with van der Waals surface area (Å²) in [6.07, 6.45) is 0. The van der Waals surface area contributed by atoms with E-state index < -0.39 is 0 Å². The fourth-order valence-corrected chi connectivity index (χ4v) is 2.09. The van der Waals surface area contributed by atoms with Gasteiger partial charge >= 0.3 is 0 Å². The van der Waals surface area contributed by atoms with Crippen LogP contribution < -0.4 is 5.32 Å². The monoisotopic (exact) mass is 232 g/mol. The maximum Gasteiger partial charge on any atom is 0.169 e. The smallest absolute Gasteiger partial charge is 0.169 e. The summed E-state index contributed by atoms with van der Waals surface area (Å²) in [5.41, 5.74) is 0. The fraction of sp³-hybridized carbons (Fsp3) is 0.900. The molecule has 0 amide bonds. The molecule has 0 radical (unpaired) electrons.